The third-order valence-electron chi connectivity index (χ3n) is 4.63. The Balaban J connectivity index is 2.07. The normalized spacial score (nSPS) is 21.4. The van der Waals surface area contributed by atoms with Crippen molar-refractivity contribution in [3.05, 3.63) is 28.8 Å². The molecule has 21 heavy (non-hydrogen) atoms. The minimum Gasteiger partial charge on any atom is -0.370 e. The van der Waals surface area contributed by atoms with Crippen LogP contribution in [0.2, 0.25) is 5.02 Å². The van der Waals surface area contributed by atoms with E-state index in [1.54, 1.807) is 0 Å². The first-order valence-corrected chi connectivity index (χ1v) is 8.64. The van der Waals surface area contributed by atoms with E-state index < -0.39 is 0 Å². The van der Waals surface area contributed by atoms with Crippen molar-refractivity contribution in [3.8, 4) is 0 Å². The molecule has 2 unspecified atom stereocenters. The molecular weight excluding hydrogens is 280 g/mol. The molecule has 1 saturated heterocycles. The van der Waals surface area contributed by atoms with Crippen molar-refractivity contribution in [2.75, 3.05) is 18.0 Å². The highest BCUT2D eigenvalue weighted by Gasteiger charge is 2.20. The predicted octanol–water partition coefficient (Wildman–Crippen LogP) is 4.49. The van der Waals surface area contributed by atoms with E-state index in [9.17, 15) is 0 Å². The SMILES string of the molecule is CC(N)Cc1ccc(N2CCCC(C(C)C)CC2)c(Cl)c1. The summed E-state index contributed by atoms with van der Waals surface area (Å²) in [5.41, 5.74) is 8.29. The Bertz CT molecular complexity index is 457. The van der Waals surface area contributed by atoms with Crippen LogP contribution in [-0.4, -0.2) is 19.1 Å². The molecule has 0 amide bonds. The molecule has 0 radical (unpaired) electrons. The van der Waals surface area contributed by atoms with E-state index in [-0.39, 0.29) is 6.04 Å². The van der Waals surface area contributed by atoms with Gasteiger partial charge in [0.1, 0.15) is 0 Å². The molecule has 0 saturated carbocycles. The largest absolute Gasteiger partial charge is 0.370 e. The summed E-state index contributed by atoms with van der Waals surface area (Å²) in [6.45, 7) is 8.96. The summed E-state index contributed by atoms with van der Waals surface area (Å²) in [6.07, 6.45) is 4.76. The van der Waals surface area contributed by atoms with Gasteiger partial charge in [0.15, 0.2) is 0 Å². The number of hydrogen-bond acceptors (Lipinski definition) is 2. The van der Waals surface area contributed by atoms with Gasteiger partial charge in [-0.15, -0.1) is 0 Å². The Morgan fingerprint density at radius 1 is 1.24 bits per heavy atom. The first kappa shape index (κ1) is 16.6. The summed E-state index contributed by atoms with van der Waals surface area (Å²) in [6, 6.07) is 6.62. The third-order valence-corrected chi connectivity index (χ3v) is 4.93. The molecule has 0 spiro atoms. The fraction of sp³-hybridized carbons (Fsp3) is 0.667. The van der Waals surface area contributed by atoms with Crippen LogP contribution in [0, 0.1) is 11.8 Å². The van der Waals surface area contributed by atoms with E-state index in [0.717, 1.165) is 36.4 Å². The van der Waals surface area contributed by atoms with Gasteiger partial charge in [-0.05, 0) is 62.1 Å². The van der Waals surface area contributed by atoms with E-state index in [0.29, 0.717) is 0 Å². The van der Waals surface area contributed by atoms with Crippen molar-refractivity contribution in [1.82, 2.24) is 0 Å². The molecule has 1 fully saturated rings. The average Bonchev–Trinajstić information content (AvgIpc) is 2.64. The Morgan fingerprint density at radius 2 is 2.00 bits per heavy atom. The minimum atomic E-state index is 0.178. The molecule has 118 valence electrons. The number of benzene rings is 1. The van der Waals surface area contributed by atoms with E-state index in [1.165, 1.54) is 30.5 Å². The van der Waals surface area contributed by atoms with E-state index in [2.05, 4.69) is 36.9 Å². The lowest BCUT2D eigenvalue weighted by atomic mass is 9.89. The second-order valence-electron chi connectivity index (χ2n) is 6.89. The highest BCUT2D eigenvalue weighted by molar-refractivity contribution is 6.33. The van der Waals surface area contributed by atoms with Gasteiger partial charge in [-0.25, -0.2) is 0 Å². The molecule has 2 nitrogen and oxygen atoms in total. The predicted molar refractivity (Wildman–Crippen MR) is 93.2 cm³/mol. The minimum absolute atomic E-state index is 0.178. The van der Waals surface area contributed by atoms with Crippen molar-refractivity contribution in [2.45, 2.75) is 52.5 Å². The summed E-state index contributed by atoms with van der Waals surface area (Å²) in [7, 11) is 0. The molecule has 3 heteroatoms. The Labute approximate surface area is 134 Å². The molecule has 0 aliphatic carbocycles. The quantitative estimate of drug-likeness (QED) is 0.888. The summed E-state index contributed by atoms with van der Waals surface area (Å²) in [5, 5.41) is 0.871. The molecule has 2 atom stereocenters. The summed E-state index contributed by atoms with van der Waals surface area (Å²) in [4.78, 5) is 2.46. The number of nitrogens with two attached hydrogens (primary N) is 1. The maximum Gasteiger partial charge on any atom is 0.0642 e. The van der Waals surface area contributed by atoms with Gasteiger partial charge in [0.2, 0.25) is 0 Å². The van der Waals surface area contributed by atoms with Gasteiger partial charge in [0, 0.05) is 19.1 Å². The van der Waals surface area contributed by atoms with Gasteiger partial charge in [0.05, 0.1) is 10.7 Å². The third kappa shape index (κ3) is 4.62. The average molecular weight is 309 g/mol. The van der Waals surface area contributed by atoms with E-state index >= 15 is 0 Å². The molecule has 1 aliphatic rings. The van der Waals surface area contributed by atoms with Crippen LogP contribution in [0.4, 0.5) is 5.69 Å². The highest BCUT2D eigenvalue weighted by Crippen LogP contribution is 2.32. The standard InChI is InChI=1S/C18H29ClN2/c1-13(2)16-5-4-9-21(10-8-16)18-7-6-15(11-14(3)20)12-17(18)19/h6-7,12-14,16H,4-5,8-11,20H2,1-3H3. The van der Waals surface area contributed by atoms with Crippen molar-refractivity contribution in [1.29, 1.82) is 0 Å². The lowest BCUT2D eigenvalue weighted by molar-refractivity contribution is 0.351. The molecule has 2 rings (SSSR count). The van der Waals surface area contributed by atoms with Crippen LogP contribution in [0.25, 0.3) is 0 Å². The van der Waals surface area contributed by atoms with Crippen LogP contribution in [0.15, 0.2) is 18.2 Å². The van der Waals surface area contributed by atoms with Crippen molar-refractivity contribution in [2.24, 2.45) is 17.6 Å². The van der Waals surface area contributed by atoms with Crippen molar-refractivity contribution >= 4 is 17.3 Å². The Morgan fingerprint density at radius 3 is 2.62 bits per heavy atom. The van der Waals surface area contributed by atoms with Gasteiger partial charge < -0.3 is 10.6 Å². The van der Waals surface area contributed by atoms with Crippen LogP contribution in [0.1, 0.15) is 45.6 Å². The van der Waals surface area contributed by atoms with Crippen LogP contribution in [0.5, 0.6) is 0 Å². The number of hydrogen-bond donors (Lipinski definition) is 1. The fourth-order valence-electron chi connectivity index (χ4n) is 3.34. The van der Waals surface area contributed by atoms with Crippen molar-refractivity contribution in [3.63, 3.8) is 0 Å². The van der Waals surface area contributed by atoms with Crippen LogP contribution in [0.3, 0.4) is 0 Å². The zero-order chi connectivity index (χ0) is 15.4. The van der Waals surface area contributed by atoms with Crippen LogP contribution < -0.4 is 10.6 Å². The zero-order valence-electron chi connectivity index (χ0n) is 13.6. The number of halogens is 1. The van der Waals surface area contributed by atoms with E-state index in [4.69, 9.17) is 17.3 Å². The highest BCUT2D eigenvalue weighted by atomic mass is 35.5. The smallest absolute Gasteiger partial charge is 0.0642 e. The van der Waals surface area contributed by atoms with Gasteiger partial charge in [0.25, 0.3) is 0 Å². The molecule has 0 bridgehead atoms. The van der Waals surface area contributed by atoms with Crippen LogP contribution >= 0.6 is 11.6 Å². The summed E-state index contributed by atoms with van der Waals surface area (Å²) in [5.74, 6) is 1.64. The molecule has 1 aromatic rings. The summed E-state index contributed by atoms with van der Waals surface area (Å²) >= 11 is 6.52. The van der Waals surface area contributed by atoms with Gasteiger partial charge in [-0.2, -0.15) is 0 Å². The monoisotopic (exact) mass is 308 g/mol. The fourth-order valence-corrected chi connectivity index (χ4v) is 3.66. The number of rotatable bonds is 4. The van der Waals surface area contributed by atoms with E-state index in [1.807, 2.05) is 6.92 Å². The number of nitrogens with zero attached hydrogens (tertiary/aromatic N) is 1. The lowest BCUT2D eigenvalue weighted by Crippen LogP contribution is -2.25. The Kier molecular flexibility index (Phi) is 5.95. The first-order chi connectivity index (χ1) is 9.97. The van der Waals surface area contributed by atoms with Gasteiger partial charge in [-0.1, -0.05) is 31.5 Å². The molecule has 0 aromatic heterocycles. The topological polar surface area (TPSA) is 29.3 Å². The maximum atomic E-state index is 6.52. The zero-order valence-corrected chi connectivity index (χ0v) is 14.4. The molecule has 1 aromatic carbocycles. The molecule has 1 aliphatic heterocycles. The molecule has 2 N–H and O–H groups in total. The lowest BCUT2D eigenvalue weighted by Gasteiger charge is -2.25. The number of anilines is 1. The first-order valence-electron chi connectivity index (χ1n) is 8.26. The second-order valence-corrected chi connectivity index (χ2v) is 7.30. The van der Waals surface area contributed by atoms with Gasteiger partial charge >= 0.3 is 0 Å². The maximum absolute atomic E-state index is 6.52. The second kappa shape index (κ2) is 7.51. The van der Waals surface area contributed by atoms with Gasteiger partial charge in [-0.3, -0.25) is 0 Å². The van der Waals surface area contributed by atoms with Crippen molar-refractivity contribution < 1.29 is 0 Å². The molecule has 1 heterocycles. The van der Waals surface area contributed by atoms with Crippen LogP contribution in [-0.2, 0) is 6.42 Å². The summed E-state index contributed by atoms with van der Waals surface area (Å²) < 4.78 is 0. The molecular formula is C18H29ClN2. The Hall–Kier alpha value is -0.730.